The fourth-order valence-electron chi connectivity index (χ4n) is 1.79. The van der Waals surface area contributed by atoms with Crippen molar-refractivity contribution in [3.8, 4) is 0 Å². The summed E-state index contributed by atoms with van der Waals surface area (Å²) in [5.74, 6) is 1.02. The SMILES string of the molecule is c1ccc2nc3c(cc2c1)CNCN3. The van der Waals surface area contributed by atoms with Gasteiger partial charge >= 0.3 is 0 Å². The van der Waals surface area contributed by atoms with Gasteiger partial charge in [-0.3, -0.25) is 5.32 Å². The molecule has 0 bridgehead atoms. The summed E-state index contributed by atoms with van der Waals surface area (Å²) in [6, 6.07) is 10.4. The molecular weight excluding hydrogens is 174 g/mol. The number of hydrogen-bond donors (Lipinski definition) is 2. The second kappa shape index (κ2) is 2.96. The van der Waals surface area contributed by atoms with E-state index in [1.807, 2.05) is 18.2 Å². The van der Waals surface area contributed by atoms with Crippen LogP contribution in [0.25, 0.3) is 10.9 Å². The zero-order chi connectivity index (χ0) is 9.38. The second-order valence-corrected chi connectivity index (χ2v) is 3.47. The van der Waals surface area contributed by atoms with E-state index in [0.717, 1.165) is 24.5 Å². The van der Waals surface area contributed by atoms with E-state index in [9.17, 15) is 0 Å². The Balaban J connectivity index is 2.27. The van der Waals surface area contributed by atoms with Gasteiger partial charge in [0.05, 0.1) is 12.2 Å². The lowest BCUT2D eigenvalue weighted by Gasteiger charge is -2.18. The highest BCUT2D eigenvalue weighted by molar-refractivity contribution is 5.81. The standard InChI is InChI=1S/C11H11N3/c1-2-4-10-8(3-1)5-9-6-12-7-13-11(9)14-10/h1-5,12H,6-7H2,(H,13,14). The van der Waals surface area contributed by atoms with Crippen molar-refractivity contribution in [2.24, 2.45) is 0 Å². The smallest absolute Gasteiger partial charge is 0.132 e. The first-order chi connectivity index (χ1) is 6.93. The zero-order valence-electron chi connectivity index (χ0n) is 7.75. The van der Waals surface area contributed by atoms with E-state index in [2.05, 4.69) is 27.8 Å². The summed E-state index contributed by atoms with van der Waals surface area (Å²) in [4.78, 5) is 4.56. The van der Waals surface area contributed by atoms with Gasteiger partial charge in [-0.05, 0) is 12.1 Å². The summed E-state index contributed by atoms with van der Waals surface area (Å²) in [6.07, 6.45) is 0. The molecule has 2 heterocycles. The Kier molecular flexibility index (Phi) is 1.64. The number of fused-ring (bicyclic) bond motifs is 2. The number of pyridine rings is 1. The molecule has 0 saturated carbocycles. The van der Waals surface area contributed by atoms with Gasteiger partial charge in [0.25, 0.3) is 0 Å². The number of anilines is 1. The summed E-state index contributed by atoms with van der Waals surface area (Å²) in [7, 11) is 0. The number of aromatic nitrogens is 1. The molecule has 1 aromatic heterocycles. The Hall–Kier alpha value is -1.61. The van der Waals surface area contributed by atoms with Gasteiger partial charge in [-0.2, -0.15) is 0 Å². The van der Waals surface area contributed by atoms with E-state index < -0.39 is 0 Å². The van der Waals surface area contributed by atoms with Crippen molar-refractivity contribution in [1.29, 1.82) is 0 Å². The van der Waals surface area contributed by atoms with Crippen molar-refractivity contribution < 1.29 is 0 Å². The maximum absolute atomic E-state index is 4.56. The first-order valence-corrected chi connectivity index (χ1v) is 4.77. The van der Waals surface area contributed by atoms with Crippen LogP contribution in [0.2, 0.25) is 0 Å². The van der Waals surface area contributed by atoms with Crippen LogP contribution in [0.15, 0.2) is 30.3 Å². The molecule has 0 atom stereocenters. The third-order valence-corrected chi connectivity index (χ3v) is 2.50. The lowest BCUT2D eigenvalue weighted by molar-refractivity contribution is 0.704. The average molecular weight is 185 g/mol. The van der Waals surface area contributed by atoms with Gasteiger partial charge in [-0.1, -0.05) is 18.2 Å². The first kappa shape index (κ1) is 7.76. The second-order valence-electron chi connectivity index (χ2n) is 3.47. The summed E-state index contributed by atoms with van der Waals surface area (Å²) in [6.45, 7) is 1.71. The van der Waals surface area contributed by atoms with Crippen LogP contribution in [0.3, 0.4) is 0 Å². The minimum Gasteiger partial charge on any atom is -0.357 e. The predicted molar refractivity (Wildman–Crippen MR) is 57.1 cm³/mol. The maximum atomic E-state index is 4.56. The molecule has 0 amide bonds. The van der Waals surface area contributed by atoms with E-state index in [1.165, 1.54) is 10.9 Å². The van der Waals surface area contributed by atoms with Crippen molar-refractivity contribution in [1.82, 2.24) is 10.3 Å². The molecule has 0 fully saturated rings. The van der Waals surface area contributed by atoms with Gasteiger partial charge in [0, 0.05) is 17.5 Å². The lowest BCUT2D eigenvalue weighted by Crippen LogP contribution is -2.28. The molecule has 1 aliphatic heterocycles. The van der Waals surface area contributed by atoms with E-state index in [1.54, 1.807) is 0 Å². The molecule has 3 rings (SSSR count). The van der Waals surface area contributed by atoms with E-state index >= 15 is 0 Å². The number of nitrogens with zero attached hydrogens (tertiary/aromatic N) is 1. The number of rotatable bonds is 0. The van der Waals surface area contributed by atoms with Crippen LogP contribution in [-0.2, 0) is 6.54 Å². The molecule has 1 aromatic carbocycles. The molecule has 3 nitrogen and oxygen atoms in total. The maximum Gasteiger partial charge on any atom is 0.132 e. The fourth-order valence-corrected chi connectivity index (χ4v) is 1.79. The third-order valence-electron chi connectivity index (χ3n) is 2.50. The third kappa shape index (κ3) is 1.14. The Bertz CT molecular complexity index is 434. The summed E-state index contributed by atoms with van der Waals surface area (Å²) >= 11 is 0. The lowest BCUT2D eigenvalue weighted by atomic mass is 10.1. The Morgan fingerprint density at radius 3 is 3.14 bits per heavy atom. The van der Waals surface area contributed by atoms with Crippen LogP contribution >= 0.6 is 0 Å². The van der Waals surface area contributed by atoms with Crippen molar-refractivity contribution in [3.05, 3.63) is 35.9 Å². The van der Waals surface area contributed by atoms with Crippen LogP contribution in [0, 0.1) is 0 Å². The molecule has 70 valence electrons. The van der Waals surface area contributed by atoms with Gasteiger partial charge in [-0.15, -0.1) is 0 Å². The predicted octanol–water partition coefficient (Wildman–Crippen LogP) is 1.71. The van der Waals surface area contributed by atoms with Gasteiger partial charge in [0.2, 0.25) is 0 Å². The van der Waals surface area contributed by atoms with Crippen LogP contribution in [0.4, 0.5) is 5.82 Å². The molecule has 0 saturated heterocycles. The molecule has 2 aromatic rings. The van der Waals surface area contributed by atoms with Gasteiger partial charge < -0.3 is 5.32 Å². The van der Waals surface area contributed by atoms with E-state index in [-0.39, 0.29) is 0 Å². The normalized spacial score (nSPS) is 14.9. The van der Waals surface area contributed by atoms with E-state index in [4.69, 9.17) is 0 Å². The number of para-hydroxylation sites is 1. The Labute approximate surface area is 82.2 Å². The quantitative estimate of drug-likeness (QED) is 0.656. The molecule has 14 heavy (non-hydrogen) atoms. The van der Waals surface area contributed by atoms with Crippen LogP contribution in [0.5, 0.6) is 0 Å². The number of nitrogens with one attached hydrogen (secondary N) is 2. The molecule has 0 aliphatic carbocycles. The molecular formula is C11H11N3. The summed E-state index contributed by atoms with van der Waals surface area (Å²) in [5.41, 5.74) is 2.30. The van der Waals surface area contributed by atoms with Crippen LogP contribution in [-0.4, -0.2) is 11.7 Å². The van der Waals surface area contributed by atoms with Gasteiger partial charge in [0.15, 0.2) is 0 Å². The molecule has 3 heteroatoms. The monoisotopic (exact) mass is 185 g/mol. The molecule has 1 aliphatic rings. The Morgan fingerprint density at radius 2 is 2.14 bits per heavy atom. The Morgan fingerprint density at radius 1 is 1.21 bits per heavy atom. The summed E-state index contributed by atoms with van der Waals surface area (Å²) < 4.78 is 0. The number of benzene rings is 1. The van der Waals surface area contributed by atoms with Gasteiger partial charge in [0.1, 0.15) is 5.82 Å². The topological polar surface area (TPSA) is 37.0 Å². The number of hydrogen-bond acceptors (Lipinski definition) is 3. The van der Waals surface area contributed by atoms with Crippen LogP contribution < -0.4 is 10.6 Å². The molecule has 0 unspecified atom stereocenters. The van der Waals surface area contributed by atoms with Gasteiger partial charge in [-0.25, -0.2) is 4.98 Å². The minimum absolute atomic E-state index is 0.804. The molecule has 2 N–H and O–H groups in total. The zero-order valence-corrected chi connectivity index (χ0v) is 7.75. The summed E-state index contributed by atoms with van der Waals surface area (Å²) in [5, 5.41) is 7.69. The highest BCUT2D eigenvalue weighted by Gasteiger charge is 2.09. The fraction of sp³-hybridized carbons (Fsp3) is 0.182. The van der Waals surface area contributed by atoms with Crippen molar-refractivity contribution in [2.45, 2.75) is 6.54 Å². The minimum atomic E-state index is 0.804. The highest BCUT2D eigenvalue weighted by atomic mass is 15.1. The largest absolute Gasteiger partial charge is 0.357 e. The average Bonchev–Trinajstić information content (AvgIpc) is 2.26. The molecule has 0 radical (unpaired) electrons. The molecule has 0 spiro atoms. The van der Waals surface area contributed by atoms with E-state index in [0.29, 0.717) is 0 Å². The van der Waals surface area contributed by atoms with Crippen molar-refractivity contribution in [3.63, 3.8) is 0 Å². The highest BCUT2D eigenvalue weighted by Crippen LogP contribution is 2.21. The van der Waals surface area contributed by atoms with Crippen molar-refractivity contribution in [2.75, 3.05) is 12.0 Å². The first-order valence-electron chi connectivity index (χ1n) is 4.77. The van der Waals surface area contributed by atoms with Crippen LogP contribution in [0.1, 0.15) is 5.56 Å². The van der Waals surface area contributed by atoms with Crippen molar-refractivity contribution >= 4 is 16.7 Å².